The van der Waals surface area contributed by atoms with Crippen LogP contribution in [0.25, 0.3) is 0 Å². The van der Waals surface area contributed by atoms with Crippen molar-refractivity contribution in [3.8, 4) is 0 Å². The van der Waals surface area contributed by atoms with Gasteiger partial charge in [0.05, 0.1) is 31.5 Å². The van der Waals surface area contributed by atoms with Crippen molar-refractivity contribution >= 4 is 11.9 Å². The number of carbonyl (C=O) groups is 2. The second kappa shape index (κ2) is 20.8. The molecule has 0 aliphatic carbocycles. The van der Waals surface area contributed by atoms with Gasteiger partial charge in [-0.15, -0.1) is 0 Å². The molecular weight excluding hydrogens is 560 g/mol. The summed E-state index contributed by atoms with van der Waals surface area (Å²) in [4.78, 5) is 24.6. The summed E-state index contributed by atoms with van der Waals surface area (Å²) in [5.41, 5.74) is 0.139. The minimum atomic E-state index is -1.67. The van der Waals surface area contributed by atoms with Crippen LogP contribution in [0.1, 0.15) is 110 Å². The first-order valence-corrected chi connectivity index (χ1v) is 16.1. The highest BCUT2D eigenvalue weighted by Crippen LogP contribution is 2.35. The highest BCUT2D eigenvalue weighted by atomic mass is 16.8. The molecule has 11 heteroatoms. The van der Waals surface area contributed by atoms with Gasteiger partial charge in [0.1, 0.15) is 24.4 Å². The first kappa shape index (κ1) is 37.2. The Morgan fingerprint density at radius 1 is 0.860 bits per heavy atom. The van der Waals surface area contributed by atoms with Crippen LogP contribution in [0.5, 0.6) is 0 Å². The first-order chi connectivity index (χ1) is 20.7. The molecule has 43 heavy (non-hydrogen) atoms. The number of aliphatic carboxylic acids is 1. The zero-order chi connectivity index (χ0) is 31.6. The molecule has 11 nitrogen and oxygen atoms in total. The van der Waals surface area contributed by atoms with Crippen molar-refractivity contribution in [2.75, 3.05) is 13.2 Å². The Hall–Kier alpha value is -2.02. The second-order valence-corrected chi connectivity index (χ2v) is 11.5. The Balaban J connectivity index is 1.73. The molecule has 1 fully saturated rings. The number of unbranched alkanes of at least 4 members (excludes halogenated alkanes) is 13. The molecule has 0 aromatic heterocycles. The van der Waals surface area contributed by atoms with Gasteiger partial charge < -0.3 is 44.5 Å². The van der Waals surface area contributed by atoms with Crippen molar-refractivity contribution in [1.82, 2.24) is 0 Å². The number of carbonyl (C=O) groups excluding carboxylic acids is 1. The summed E-state index contributed by atoms with van der Waals surface area (Å²) in [5.74, 6) is -2.75. The van der Waals surface area contributed by atoms with Crippen LogP contribution < -0.4 is 0 Å². The van der Waals surface area contributed by atoms with Crippen LogP contribution in [-0.4, -0.2) is 87.7 Å². The van der Waals surface area contributed by atoms with Gasteiger partial charge >= 0.3 is 11.9 Å². The van der Waals surface area contributed by atoms with Crippen molar-refractivity contribution in [1.29, 1.82) is 0 Å². The van der Waals surface area contributed by atoms with Crippen molar-refractivity contribution in [2.24, 2.45) is 5.92 Å². The van der Waals surface area contributed by atoms with E-state index in [4.69, 9.17) is 18.9 Å². The molecule has 2 rings (SSSR count). The predicted molar refractivity (Wildman–Crippen MR) is 159 cm³/mol. The Labute approximate surface area is 255 Å². The maximum Gasteiger partial charge on any atom is 0.335 e. The van der Waals surface area contributed by atoms with Crippen LogP contribution in [0.3, 0.4) is 0 Å². The zero-order valence-corrected chi connectivity index (χ0v) is 25.9. The topological polar surface area (TPSA) is 172 Å². The van der Waals surface area contributed by atoms with E-state index < -0.39 is 61.5 Å². The van der Waals surface area contributed by atoms with Crippen molar-refractivity contribution in [3.05, 3.63) is 23.5 Å². The van der Waals surface area contributed by atoms with Crippen LogP contribution >= 0.6 is 0 Å². The van der Waals surface area contributed by atoms with Gasteiger partial charge in [-0.1, -0.05) is 96.5 Å². The summed E-state index contributed by atoms with van der Waals surface area (Å²) in [6.45, 7) is 3.48. The number of esters is 1. The lowest BCUT2D eigenvalue weighted by Gasteiger charge is -2.41. The van der Waals surface area contributed by atoms with Gasteiger partial charge in [-0.25, -0.2) is 4.79 Å². The number of ether oxygens (including phenoxy) is 4. The van der Waals surface area contributed by atoms with Crippen LogP contribution in [0.15, 0.2) is 23.5 Å². The summed E-state index contributed by atoms with van der Waals surface area (Å²) in [6, 6.07) is 0. The lowest BCUT2D eigenvalue weighted by atomic mass is 9.86. The minimum Gasteiger partial charge on any atom is -0.478 e. The van der Waals surface area contributed by atoms with Crippen LogP contribution in [0.2, 0.25) is 0 Å². The number of carboxylic acids is 1. The highest BCUT2D eigenvalue weighted by Gasteiger charge is 2.46. The summed E-state index contributed by atoms with van der Waals surface area (Å²) >= 11 is 0. The maximum absolute atomic E-state index is 12.7. The van der Waals surface area contributed by atoms with Gasteiger partial charge in [0.2, 0.25) is 6.29 Å². The molecule has 0 saturated carbocycles. The lowest BCUT2D eigenvalue weighted by molar-refractivity contribution is -0.327. The summed E-state index contributed by atoms with van der Waals surface area (Å²) in [6.07, 6.45) is 10.6. The van der Waals surface area contributed by atoms with Gasteiger partial charge in [0, 0.05) is 11.5 Å². The number of aliphatic hydroxyl groups excluding tert-OH is 4. The molecule has 0 spiro atoms. The van der Waals surface area contributed by atoms with E-state index in [2.05, 4.69) is 6.92 Å². The average molecular weight is 615 g/mol. The van der Waals surface area contributed by atoms with E-state index in [9.17, 15) is 35.1 Å². The smallest absolute Gasteiger partial charge is 0.335 e. The fourth-order valence-corrected chi connectivity index (χ4v) is 5.52. The Kier molecular flexibility index (Phi) is 18.0. The molecule has 248 valence electrons. The Morgan fingerprint density at radius 3 is 1.93 bits per heavy atom. The molecule has 0 aromatic carbocycles. The fraction of sp³-hybridized carbons (Fsp3) is 0.812. The highest BCUT2D eigenvalue weighted by molar-refractivity contribution is 5.89. The molecule has 2 aliphatic rings. The summed E-state index contributed by atoms with van der Waals surface area (Å²) in [5, 5.41) is 49.5. The predicted octanol–water partition coefficient (Wildman–Crippen LogP) is 4.10. The standard InChI is InChI=1S/C32H54O11/c1-3-5-6-7-8-9-10-11-12-13-14-15-16-17-18-40-26(34)19-23-22(4-2)31(41-21-24(23)30(38)39)43-32-29(37)28(36)27(35)25(20-33)42-32/h4,21,23,25,27-29,31-33,35-37H,3,5-20H2,1-2H3,(H,38,39)/b22-4+/t23-,25-,27-,28+,29-,31-,32+/m0/s1. The van der Waals surface area contributed by atoms with E-state index in [0.717, 1.165) is 25.5 Å². The molecule has 2 heterocycles. The molecule has 0 amide bonds. The largest absolute Gasteiger partial charge is 0.478 e. The molecule has 0 radical (unpaired) electrons. The second-order valence-electron chi connectivity index (χ2n) is 11.5. The Bertz CT molecular complexity index is 871. The molecule has 0 unspecified atom stereocenters. The zero-order valence-electron chi connectivity index (χ0n) is 25.9. The molecular formula is C32H54O11. The number of hydrogen-bond donors (Lipinski definition) is 5. The van der Waals surface area contributed by atoms with Crippen LogP contribution in [0.4, 0.5) is 0 Å². The van der Waals surface area contributed by atoms with Crippen molar-refractivity contribution in [2.45, 2.75) is 147 Å². The van der Waals surface area contributed by atoms with Crippen molar-refractivity contribution < 1.29 is 54.1 Å². The normalized spacial score (nSPS) is 28.4. The first-order valence-electron chi connectivity index (χ1n) is 16.1. The number of allylic oxidation sites excluding steroid dienone is 1. The molecule has 0 bridgehead atoms. The summed E-state index contributed by atoms with van der Waals surface area (Å²) < 4.78 is 21.9. The van der Waals surface area contributed by atoms with E-state index in [1.54, 1.807) is 13.0 Å². The quantitative estimate of drug-likeness (QED) is 0.0716. The molecule has 7 atom stereocenters. The molecule has 2 aliphatic heterocycles. The lowest BCUT2D eigenvalue weighted by Crippen LogP contribution is -2.60. The fourth-order valence-electron chi connectivity index (χ4n) is 5.52. The van der Waals surface area contributed by atoms with E-state index in [1.165, 1.54) is 70.6 Å². The molecule has 1 saturated heterocycles. The van der Waals surface area contributed by atoms with Gasteiger partial charge in [0.15, 0.2) is 6.29 Å². The molecule has 0 aromatic rings. The SMILES string of the molecule is C/C=C1/[C@H](O[C@H]2O[C@@H](CO)[C@H](O)[C@@H](O)[C@@H]2O)OC=C(C(=O)O)[C@H]1CC(=O)OCCCCCCCCCCCCCCCC. The number of rotatable bonds is 21. The average Bonchev–Trinajstić information content (AvgIpc) is 2.99. The van der Waals surface area contributed by atoms with E-state index in [0.29, 0.717) is 5.57 Å². The minimum absolute atomic E-state index is 0.157. The number of carboxylic acid groups (broad SMARTS) is 1. The third-order valence-electron chi connectivity index (χ3n) is 8.19. The monoisotopic (exact) mass is 614 g/mol. The number of aliphatic hydroxyl groups is 4. The number of hydrogen-bond acceptors (Lipinski definition) is 10. The van der Waals surface area contributed by atoms with E-state index in [-0.39, 0.29) is 18.6 Å². The van der Waals surface area contributed by atoms with Gasteiger partial charge in [-0.05, 0) is 13.3 Å². The third kappa shape index (κ3) is 12.5. The van der Waals surface area contributed by atoms with E-state index in [1.807, 2.05) is 0 Å². The van der Waals surface area contributed by atoms with Gasteiger partial charge in [-0.3, -0.25) is 4.79 Å². The van der Waals surface area contributed by atoms with Crippen LogP contribution in [-0.2, 0) is 28.5 Å². The summed E-state index contributed by atoms with van der Waals surface area (Å²) in [7, 11) is 0. The third-order valence-corrected chi connectivity index (χ3v) is 8.19. The van der Waals surface area contributed by atoms with Gasteiger partial charge in [0.25, 0.3) is 0 Å². The van der Waals surface area contributed by atoms with Crippen LogP contribution in [0, 0.1) is 5.92 Å². The Morgan fingerprint density at radius 2 is 1.42 bits per heavy atom. The van der Waals surface area contributed by atoms with E-state index >= 15 is 0 Å². The van der Waals surface area contributed by atoms with Gasteiger partial charge in [-0.2, -0.15) is 0 Å². The maximum atomic E-state index is 12.7. The van der Waals surface area contributed by atoms with Crippen molar-refractivity contribution in [3.63, 3.8) is 0 Å². The molecule has 5 N–H and O–H groups in total.